The molecule has 0 unspecified atom stereocenters. The van der Waals surface area contributed by atoms with Gasteiger partial charge in [0.25, 0.3) is 0 Å². The van der Waals surface area contributed by atoms with Crippen LogP contribution >= 0.6 is 25.3 Å². The van der Waals surface area contributed by atoms with Crippen molar-refractivity contribution in [3.05, 3.63) is 58.7 Å². The lowest BCUT2D eigenvalue weighted by atomic mass is 9.97. The number of rotatable bonds is 6. The van der Waals surface area contributed by atoms with Crippen molar-refractivity contribution in [2.24, 2.45) is 0 Å². The summed E-state index contributed by atoms with van der Waals surface area (Å²) in [4.78, 5) is 0. The summed E-state index contributed by atoms with van der Waals surface area (Å²) < 4.78 is 11.6. The number of benzene rings is 2. The fraction of sp³-hybridized carbons (Fsp3) is 0.364. The Morgan fingerprint density at radius 3 is 1.54 bits per heavy atom. The molecule has 26 heavy (non-hydrogen) atoms. The highest BCUT2D eigenvalue weighted by Crippen LogP contribution is 2.45. The number of hydrogen-bond donors (Lipinski definition) is 2. The van der Waals surface area contributed by atoms with Gasteiger partial charge in [-0.1, -0.05) is 12.1 Å². The van der Waals surface area contributed by atoms with E-state index in [2.05, 4.69) is 61.7 Å². The third-order valence-corrected chi connectivity index (χ3v) is 5.55. The van der Waals surface area contributed by atoms with E-state index in [4.69, 9.17) is 9.47 Å². The van der Waals surface area contributed by atoms with Gasteiger partial charge in [-0.05, 0) is 83.3 Å². The van der Waals surface area contributed by atoms with Crippen molar-refractivity contribution in [1.82, 2.24) is 0 Å². The van der Waals surface area contributed by atoms with E-state index < -0.39 is 0 Å². The molecule has 0 heterocycles. The first-order valence-electron chi connectivity index (χ1n) is 9.26. The maximum absolute atomic E-state index is 5.80. The molecule has 0 radical (unpaired) electrons. The first-order valence-corrected chi connectivity index (χ1v) is 10.5. The van der Waals surface area contributed by atoms with Crippen molar-refractivity contribution in [3.63, 3.8) is 0 Å². The maximum atomic E-state index is 5.80. The first-order chi connectivity index (χ1) is 12.8. The van der Waals surface area contributed by atoms with Crippen LogP contribution in [0.15, 0.2) is 36.4 Å². The fourth-order valence-corrected chi connectivity index (χ4v) is 4.21. The SMILES string of the molecule is SCCOc1ccc2c(c1)/C(=C1/CCc3ccc(OCCS)cc31)CC2. The quantitative estimate of drug-likeness (QED) is 0.675. The topological polar surface area (TPSA) is 18.5 Å². The molecule has 2 aliphatic rings. The van der Waals surface area contributed by atoms with Crippen molar-refractivity contribution in [3.8, 4) is 11.5 Å². The van der Waals surface area contributed by atoms with Crippen LogP contribution in [-0.2, 0) is 12.8 Å². The van der Waals surface area contributed by atoms with Gasteiger partial charge in [0.15, 0.2) is 0 Å². The third kappa shape index (κ3) is 3.49. The van der Waals surface area contributed by atoms with E-state index in [0.717, 1.165) is 48.7 Å². The number of allylic oxidation sites excluding steroid dienone is 2. The zero-order valence-electron chi connectivity index (χ0n) is 14.8. The van der Waals surface area contributed by atoms with E-state index in [9.17, 15) is 0 Å². The molecule has 0 fully saturated rings. The van der Waals surface area contributed by atoms with Crippen LogP contribution in [0.5, 0.6) is 11.5 Å². The average Bonchev–Trinajstić information content (AvgIpc) is 3.27. The zero-order valence-corrected chi connectivity index (χ0v) is 16.6. The summed E-state index contributed by atoms with van der Waals surface area (Å²) in [5, 5.41) is 0. The van der Waals surface area contributed by atoms with E-state index in [1.165, 1.54) is 33.4 Å². The molecule has 2 aromatic rings. The second-order valence-corrected chi connectivity index (χ2v) is 7.63. The van der Waals surface area contributed by atoms with Gasteiger partial charge >= 0.3 is 0 Å². The highest BCUT2D eigenvalue weighted by atomic mass is 32.1. The predicted molar refractivity (Wildman–Crippen MR) is 115 cm³/mol. The largest absolute Gasteiger partial charge is 0.493 e. The molecule has 0 saturated heterocycles. The standard InChI is InChI=1S/C22H24O2S2/c25-11-9-23-17-5-1-15-3-7-19(21(15)13-17)20-8-4-16-2-6-18(14-22(16)20)24-10-12-26/h1-2,5-6,13-14,25-26H,3-4,7-12H2/b20-19-. The van der Waals surface area contributed by atoms with E-state index in [-0.39, 0.29) is 0 Å². The predicted octanol–water partition coefficient (Wildman–Crippen LogP) is 5.11. The lowest BCUT2D eigenvalue weighted by Crippen LogP contribution is -1.99. The third-order valence-electron chi connectivity index (χ3n) is 5.19. The van der Waals surface area contributed by atoms with Gasteiger partial charge in [-0.3, -0.25) is 0 Å². The molecule has 2 aromatic carbocycles. The minimum absolute atomic E-state index is 0.641. The molecule has 136 valence electrons. The van der Waals surface area contributed by atoms with E-state index in [0.29, 0.717) is 13.2 Å². The fourth-order valence-electron chi connectivity index (χ4n) is 4.03. The molecule has 0 saturated carbocycles. The second-order valence-electron chi connectivity index (χ2n) is 6.74. The smallest absolute Gasteiger partial charge is 0.119 e. The molecular weight excluding hydrogens is 360 g/mol. The van der Waals surface area contributed by atoms with Gasteiger partial charge in [-0.15, -0.1) is 0 Å². The van der Waals surface area contributed by atoms with Crippen LogP contribution in [-0.4, -0.2) is 24.7 Å². The summed E-state index contributed by atoms with van der Waals surface area (Å²) in [5.74, 6) is 3.35. The highest BCUT2D eigenvalue weighted by Gasteiger charge is 2.25. The van der Waals surface area contributed by atoms with Crippen LogP contribution in [0, 0.1) is 0 Å². The monoisotopic (exact) mass is 384 g/mol. The first kappa shape index (κ1) is 17.9. The molecular formula is C22H24O2S2. The summed E-state index contributed by atoms with van der Waals surface area (Å²) in [7, 11) is 0. The zero-order chi connectivity index (χ0) is 17.9. The molecule has 0 spiro atoms. The Kier molecular flexibility index (Phi) is 5.51. The Morgan fingerprint density at radius 2 is 1.12 bits per heavy atom. The second kappa shape index (κ2) is 8.01. The van der Waals surface area contributed by atoms with Crippen molar-refractivity contribution < 1.29 is 9.47 Å². The lowest BCUT2D eigenvalue weighted by Gasteiger charge is -2.12. The molecule has 0 aliphatic heterocycles. The van der Waals surface area contributed by atoms with Crippen LogP contribution < -0.4 is 9.47 Å². The number of hydrogen-bond acceptors (Lipinski definition) is 4. The molecule has 4 rings (SSSR count). The molecule has 2 aliphatic carbocycles. The average molecular weight is 385 g/mol. The minimum Gasteiger partial charge on any atom is -0.493 e. The van der Waals surface area contributed by atoms with Gasteiger partial charge in [-0.25, -0.2) is 0 Å². The van der Waals surface area contributed by atoms with Gasteiger partial charge in [0, 0.05) is 11.5 Å². The maximum Gasteiger partial charge on any atom is 0.119 e. The Hall–Kier alpha value is -1.52. The summed E-state index contributed by atoms with van der Waals surface area (Å²) in [6.07, 6.45) is 4.46. The Morgan fingerprint density at radius 1 is 0.654 bits per heavy atom. The van der Waals surface area contributed by atoms with E-state index >= 15 is 0 Å². The van der Waals surface area contributed by atoms with Crippen LogP contribution in [0.2, 0.25) is 0 Å². The van der Waals surface area contributed by atoms with Gasteiger partial charge in [-0.2, -0.15) is 25.3 Å². The molecule has 0 bridgehead atoms. The molecule has 0 amide bonds. The molecule has 2 nitrogen and oxygen atoms in total. The van der Waals surface area contributed by atoms with Crippen molar-refractivity contribution in [2.45, 2.75) is 25.7 Å². The van der Waals surface area contributed by atoms with Crippen LogP contribution in [0.1, 0.15) is 35.1 Å². The van der Waals surface area contributed by atoms with Crippen molar-refractivity contribution >= 4 is 36.4 Å². The Labute approximate surface area is 166 Å². The Balaban J connectivity index is 1.70. The van der Waals surface area contributed by atoms with E-state index in [1.54, 1.807) is 0 Å². The van der Waals surface area contributed by atoms with Gasteiger partial charge in [0.1, 0.15) is 11.5 Å². The van der Waals surface area contributed by atoms with Gasteiger partial charge in [0.2, 0.25) is 0 Å². The molecule has 0 N–H and O–H groups in total. The molecule has 4 heteroatoms. The summed E-state index contributed by atoms with van der Waals surface area (Å²) in [6, 6.07) is 13.0. The van der Waals surface area contributed by atoms with Crippen molar-refractivity contribution in [1.29, 1.82) is 0 Å². The summed E-state index contributed by atoms with van der Waals surface area (Å²) in [6.45, 7) is 1.28. The number of thiol groups is 2. The van der Waals surface area contributed by atoms with Gasteiger partial charge in [0.05, 0.1) is 13.2 Å². The highest BCUT2D eigenvalue weighted by molar-refractivity contribution is 7.80. The number of ether oxygens (including phenoxy) is 2. The normalized spacial score (nSPS) is 17.9. The molecule has 0 aromatic heterocycles. The summed E-state index contributed by atoms with van der Waals surface area (Å²) in [5.41, 5.74) is 8.57. The van der Waals surface area contributed by atoms with Gasteiger partial charge < -0.3 is 9.47 Å². The Bertz CT molecular complexity index is 773. The van der Waals surface area contributed by atoms with Crippen molar-refractivity contribution in [2.75, 3.05) is 24.7 Å². The lowest BCUT2D eigenvalue weighted by molar-refractivity contribution is 0.344. The number of fused-ring (bicyclic) bond motifs is 2. The molecule has 0 atom stereocenters. The van der Waals surface area contributed by atoms with Crippen LogP contribution in [0.4, 0.5) is 0 Å². The number of aryl methyl sites for hydroxylation is 2. The summed E-state index contributed by atoms with van der Waals surface area (Å²) >= 11 is 8.47. The minimum atomic E-state index is 0.641. The van der Waals surface area contributed by atoms with E-state index in [1.807, 2.05) is 0 Å². The van der Waals surface area contributed by atoms with Crippen LogP contribution in [0.25, 0.3) is 11.1 Å². The van der Waals surface area contributed by atoms with Crippen LogP contribution in [0.3, 0.4) is 0 Å².